The molecule has 2 nitrogen and oxygen atoms in total. The molecule has 1 saturated heterocycles. The van der Waals surface area contributed by atoms with E-state index in [1.54, 1.807) is 0 Å². The summed E-state index contributed by atoms with van der Waals surface area (Å²) < 4.78 is 1.32. The summed E-state index contributed by atoms with van der Waals surface area (Å²) in [4.78, 5) is 4.69. The van der Waals surface area contributed by atoms with Crippen molar-refractivity contribution in [1.29, 1.82) is 0 Å². The average Bonchev–Trinajstić information content (AvgIpc) is 2.53. The van der Waals surface area contributed by atoms with Crippen molar-refractivity contribution >= 4 is 21.6 Å². The molecule has 15 heavy (non-hydrogen) atoms. The molecule has 1 aliphatic rings. The van der Waals surface area contributed by atoms with Crippen molar-refractivity contribution in [2.24, 2.45) is 5.92 Å². The number of rotatable bonds is 2. The molecule has 0 amide bonds. The van der Waals surface area contributed by atoms with Crippen molar-refractivity contribution in [2.75, 3.05) is 13.1 Å². The quantitative estimate of drug-likeness (QED) is 0.837. The van der Waals surface area contributed by atoms with Crippen LogP contribution in [0, 0.1) is 12.8 Å². The Bertz CT molecular complexity index is 485. The highest BCUT2D eigenvalue weighted by atomic mass is 32.1. The summed E-state index contributed by atoms with van der Waals surface area (Å²) in [5.74, 6) is 0.812. The zero-order chi connectivity index (χ0) is 10.3. The third-order valence-electron chi connectivity index (χ3n) is 2.92. The van der Waals surface area contributed by atoms with Gasteiger partial charge in [0, 0.05) is 6.42 Å². The van der Waals surface area contributed by atoms with Gasteiger partial charge < -0.3 is 5.32 Å². The molecule has 2 heterocycles. The number of benzene rings is 1. The first kappa shape index (κ1) is 9.31. The number of hydrogen-bond donors (Lipinski definition) is 1. The van der Waals surface area contributed by atoms with Gasteiger partial charge in [-0.25, -0.2) is 4.98 Å². The van der Waals surface area contributed by atoms with Gasteiger partial charge in [0.15, 0.2) is 0 Å². The fraction of sp³-hybridized carbons (Fsp3) is 0.417. The molecular formula is C12H14N2S. The summed E-state index contributed by atoms with van der Waals surface area (Å²) in [5.41, 5.74) is 2.46. The minimum Gasteiger partial charge on any atom is -0.316 e. The van der Waals surface area contributed by atoms with Crippen LogP contribution in [0.15, 0.2) is 18.2 Å². The fourth-order valence-electron chi connectivity index (χ4n) is 1.91. The van der Waals surface area contributed by atoms with Gasteiger partial charge in [0.25, 0.3) is 0 Å². The smallest absolute Gasteiger partial charge is 0.0942 e. The zero-order valence-corrected chi connectivity index (χ0v) is 9.60. The lowest BCUT2D eigenvalue weighted by atomic mass is 10.0. The van der Waals surface area contributed by atoms with Crippen molar-refractivity contribution in [1.82, 2.24) is 10.3 Å². The van der Waals surface area contributed by atoms with E-state index in [-0.39, 0.29) is 0 Å². The van der Waals surface area contributed by atoms with E-state index >= 15 is 0 Å². The van der Waals surface area contributed by atoms with Crippen LogP contribution in [-0.4, -0.2) is 18.1 Å². The highest BCUT2D eigenvalue weighted by Crippen LogP contribution is 2.25. The van der Waals surface area contributed by atoms with Gasteiger partial charge >= 0.3 is 0 Å². The second kappa shape index (κ2) is 3.58. The molecule has 1 fully saturated rings. The van der Waals surface area contributed by atoms with Crippen molar-refractivity contribution in [3.05, 3.63) is 28.8 Å². The second-order valence-electron chi connectivity index (χ2n) is 4.31. The summed E-state index contributed by atoms with van der Waals surface area (Å²) in [6, 6.07) is 6.52. The van der Waals surface area contributed by atoms with E-state index in [4.69, 9.17) is 0 Å². The van der Waals surface area contributed by atoms with E-state index in [0.29, 0.717) is 0 Å². The molecule has 1 N–H and O–H groups in total. The molecule has 0 saturated carbocycles. The van der Waals surface area contributed by atoms with Gasteiger partial charge in [-0.1, -0.05) is 6.07 Å². The average molecular weight is 218 g/mol. The minimum atomic E-state index is 0.812. The molecule has 0 bridgehead atoms. The molecule has 78 valence electrons. The highest BCUT2D eigenvalue weighted by molar-refractivity contribution is 7.18. The van der Waals surface area contributed by atoms with Crippen LogP contribution in [0.25, 0.3) is 10.2 Å². The number of aromatic nitrogens is 1. The lowest BCUT2D eigenvalue weighted by Crippen LogP contribution is -2.43. The Labute approximate surface area is 93.3 Å². The predicted octanol–water partition coefficient (Wildman–Crippen LogP) is 2.37. The Morgan fingerprint density at radius 3 is 3.07 bits per heavy atom. The van der Waals surface area contributed by atoms with Crippen LogP contribution in [0.4, 0.5) is 0 Å². The Morgan fingerprint density at radius 1 is 1.47 bits per heavy atom. The van der Waals surface area contributed by atoms with E-state index in [2.05, 4.69) is 35.4 Å². The maximum atomic E-state index is 4.69. The molecule has 0 spiro atoms. The second-order valence-corrected chi connectivity index (χ2v) is 5.42. The molecule has 2 aromatic rings. The topological polar surface area (TPSA) is 24.9 Å². The van der Waals surface area contributed by atoms with Gasteiger partial charge in [0.2, 0.25) is 0 Å². The lowest BCUT2D eigenvalue weighted by Gasteiger charge is -2.25. The van der Waals surface area contributed by atoms with Crippen LogP contribution in [0.1, 0.15) is 10.6 Å². The predicted molar refractivity (Wildman–Crippen MR) is 64.4 cm³/mol. The SMILES string of the molecule is Cc1ccc2sc(CC3CNC3)nc2c1. The first-order chi connectivity index (χ1) is 7.31. The molecule has 0 aliphatic carbocycles. The third kappa shape index (κ3) is 1.77. The molecule has 3 rings (SSSR count). The molecule has 0 atom stereocenters. The van der Waals surface area contributed by atoms with Crippen LogP contribution in [0.5, 0.6) is 0 Å². The summed E-state index contributed by atoms with van der Waals surface area (Å²) in [5, 5.41) is 4.59. The monoisotopic (exact) mass is 218 g/mol. The van der Waals surface area contributed by atoms with E-state index < -0.39 is 0 Å². The first-order valence-corrected chi connectivity index (χ1v) is 6.20. The summed E-state index contributed by atoms with van der Waals surface area (Å²) in [7, 11) is 0. The van der Waals surface area contributed by atoms with Gasteiger partial charge in [0.05, 0.1) is 15.2 Å². The summed E-state index contributed by atoms with van der Waals surface area (Å²) in [6.45, 7) is 4.44. The minimum absolute atomic E-state index is 0.812. The Morgan fingerprint density at radius 2 is 2.33 bits per heavy atom. The van der Waals surface area contributed by atoms with E-state index in [0.717, 1.165) is 25.4 Å². The van der Waals surface area contributed by atoms with Crippen molar-refractivity contribution in [3.63, 3.8) is 0 Å². The van der Waals surface area contributed by atoms with Crippen LogP contribution < -0.4 is 5.32 Å². The molecule has 1 aromatic carbocycles. The van der Waals surface area contributed by atoms with Crippen LogP contribution in [0.2, 0.25) is 0 Å². The van der Waals surface area contributed by atoms with Gasteiger partial charge in [-0.05, 0) is 43.6 Å². The highest BCUT2D eigenvalue weighted by Gasteiger charge is 2.18. The summed E-state index contributed by atoms with van der Waals surface area (Å²) >= 11 is 1.84. The molecule has 1 aromatic heterocycles. The number of nitrogens with zero attached hydrogens (tertiary/aromatic N) is 1. The van der Waals surface area contributed by atoms with E-state index in [9.17, 15) is 0 Å². The standard InChI is InChI=1S/C12H14N2S/c1-8-2-3-11-10(4-8)14-12(15-11)5-9-6-13-7-9/h2-4,9,13H,5-7H2,1H3. The molecule has 1 aliphatic heterocycles. The maximum absolute atomic E-state index is 4.69. The van der Waals surface area contributed by atoms with E-state index in [1.165, 1.54) is 20.8 Å². The Kier molecular flexibility index (Phi) is 2.22. The third-order valence-corrected chi connectivity index (χ3v) is 3.98. The first-order valence-electron chi connectivity index (χ1n) is 5.38. The van der Waals surface area contributed by atoms with Crippen molar-refractivity contribution in [2.45, 2.75) is 13.3 Å². The normalized spacial score (nSPS) is 16.9. The Hall–Kier alpha value is -0.930. The van der Waals surface area contributed by atoms with Crippen LogP contribution in [0.3, 0.4) is 0 Å². The van der Waals surface area contributed by atoms with Crippen LogP contribution >= 0.6 is 11.3 Å². The number of fused-ring (bicyclic) bond motifs is 1. The largest absolute Gasteiger partial charge is 0.316 e. The summed E-state index contributed by atoms with van der Waals surface area (Å²) in [6.07, 6.45) is 1.14. The Balaban J connectivity index is 1.91. The van der Waals surface area contributed by atoms with Gasteiger partial charge in [-0.3, -0.25) is 0 Å². The van der Waals surface area contributed by atoms with E-state index in [1.807, 2.05) is 11.3 Å². The van der Waals surface area contributed by atoms with Crippen molar-refractivity contribution < 1.29 is 0 Å². The molecule has 0 radical (unpaired) electrons. The van der Waals surface area contributed by atoms with Gasteiger partial charge in [-0.15, -0.1) is 11.3 Å². The maximum Gasteiger partial charge on any atom is 0.0942 e. The molecule has 0 unspecified atom stereocenters. The number of nitrogens with one attached hydrogen (secondary N) is 1. The number of thiazole rings is 1. The van der Waals surface area contributed by atoms with Gasteiger partial charge in [0.1, 0.15) is 0 Å². The molecule has 3 heteroatoms. The van der Waals surface area contributed by atoms with Gasteiger partial charge in [-0.2, -0.15) is 0 Å². The van der Waals surface area contributed by atoms with Crippen LogP contribution in [-0.2, 0) is 6.42 Å². The van der Waals surface area contributed by atoms with Crippen molar-refractivity contribution in [3.8, 4) is 0 Å². The molecular weight excluding hydrogens is 204 g/mol. The fourth-order valence-corrected chi connectivity index (χ4v) is 2.97. The number of hydrogen-bond acceptors (Lipinski definition) is 3. The zero-order valence-electron chi connectivity index (χ0n) is 8.79. The lowest BCUT2D eigenvalue weighted by molar-refractivity contribution is 0.346. The number of aryl methyl sites for hydroxylation is 1.